The lowest BCUT2D eigenvalue weighted by Crippen LogP contribution is -2.36. The first-order valence-electron chi connectivity index (χ1n) is 10.7. The molecule has 0 radical (unpaired) electrons. The molecule has 0 aromatic carbocycles. The third-order valence-electron chi connectivity index (χ3n) is 6.58. The summed E-state index contributed by atoms with van der Waals surface area (Å²) in [5, 5.41) is 7.42. The average molecular weight is 422 g/mol. The van der Waals surface area contributed by atoms with Crippen molar-refractivity contribution in [3.8, 4) is 0 Å². The Kier molecular flexibility index (Phi) is 4.68. The Morgan fingerprint density at radius 1 is 1.23 bits per heavy atom. The van der Waals surface area contributed by atoms with Crippen LogP contribution in [0.15, 0.2) is 41.6 Å². The predicted octanol–water partition coefficient (Wildman–Crippen LogP) is 1.98. The quantitative estimate of drug-likeness (QED) is 0.678. The minimum atomic E-state index is -0.302. The van der Waals surface area contributed by atoms with Gasteiger partial charge in [-0.25, -0.2) is 9.67 Å². The van der Waals surface area contributed by atoms with E-state index in [4.69, 9.17) is 0 Å². The van der Waals surface area contributed by atoms with E-state index in [1.165, 1.54) is 30.4 Å². The highest BCUT2D eigenvalue weighted by Crippen LogP contribution is 2.48. The number of carbonyl (C=O) groups is 1. The van der Waals surface area contributed by atoms with Gasteiger partial charge in [0.25, 0.3) is 5.56 Å². The zero-order valence-corrected chi connectivity index (χ0v) is 17.9. The number of rotatable bonds is 5. The second-order valence-electron chi connectivity index (χ2n) is 8.93. The third kappa shape index (κ3) is 3.64. The van der Waals surface area contributed by atoms with E-state index in [9.17, 15) is 9.59 Å². The van der Waals surface area contributed by atoms with Crippen LogP contribution in [0.3, 0.4) is 0 Å². The maximum atomic E-state index is 12.9. The molecule has 1 saturated carbocycles. The minimum Gasteiger partial charge on any atom is -0.373 e. The van der Waals surface area contributed by atoms with Crippen molar-refractivity contribution in [2.45, 2.75) is 32.2 Å². The standard InChI is InChI=1S/C22H27N7O2/c1-26(2)17-13-19(28-10-7-22(15-28)5-3-6-22)25-29(21(17)31)14-20(30)24-16-4-9-27-11-8-23-18(27)12-16/h4,8-9,11-13H,3,5-7,10,14-15H2,1-2H3,(H,24,30). The van der Waals surface area contributed by atoms with Gasteiger partial charge in [0.2, 0.25) is 5.91 Å². The smallest absolute Gasteiger partial charge is 0.290 e. The number of nitrogens with zero attached hydrogens (tertiary/aromatic N) is 6. The van der Waals surface area contributed by atoms with Crippen molar-refractivity contribution in [3.63, 3.8) is 0 Å². The van der Waals surface area contributed by atoms with Gasteiger partial charge < -0.3 is 19.5 Å². The van der Waals surface area contributed by atoms with Crippen LogP contribution in [0.2, 0.25) is 0 Å². The van der Waals surface area contributed by atoms with Gasteiger partial charge in [0.15, 0.2) is 5.82 Å². The molecule has 5 rings (SSSR count). The number of amides is 1. The molecule has 1 amide bonds. The molecule has 2 aliphatic rings. The van der Waals surface area contributed by atoms with Gasteiger partial charge in [-0.3, -0.25) is 9.59 Å². The molecule has 1 spiro atoms. The van der Waals surface area contributed by atoms with Gasteiger partial charge in [0, 0.05) is 63.6 Å². The topological polar surface area (TPSA) is 87.8 Å². The van der Waals surface area contributed by atoms with E-state index >= 15 is 0 Å². The Hall–Kier alpha value is -3.36. The minimum absolute atomic E-state index is 0.147. The second kappa shape index (κ2) is 7.40. The summed E-state index contributed by atoms with van der Waals surface area (Å²) in [6.45, 7) is 1.77. The molecule has 1 aliphatic heterocycles. The van der Waals surface area contributed by atoms with Gasteiger partial charge in [-0.15, -0.1) is 0 Å². The molecule has 1 N–H and O–H groups in total. The van der Waals surface area contributed by atoms with Gasteiger partial charge in [0.1, 0.15) is 17.9 Å². The van der Waals surface area contributed by atoms with Crippen molar-refractivity contribution in [1.29, 1.82) is 0 Å². The van der Waals surface area contributed by atoms with Crippen LogP contribution in [-0.4, -0.2) is 52.3 Å². The van der Waals surface area contributed by atoms with Crippen molar-refractivity contribution in [3.05, 3.63) is 47.1 Å². The normalized spacial score (nSPS) is 17.2. The maximum Gasteiger partial charge on any atom is 0.290 e. The molecule has 9 heteroatoms. The molecule has 2 fully saturated rings. The number of nitrogens with one attached hydrogen (secondary N) is 1. The number of hydrogen-bond donors (Lipinski definition) is 1. The molecule has 3 aromatic heterocycles. The average Bonchev–Trinajstić information content (AvgIpc) is 3.36. The van der Waals surface area contributed by atoms with Crippen LogP contribution in [0, 0.1) is 5.41 Å². The molecule has 4 heterocycles. The zero-order valence-electron chi connectivity index (χ0n) is 17.9. The number of imidazole rings is 1. The summed E-state index contributed by atoms with van der Waals surface area (Å²) in [6, 6.07) is 5.44. The van der Waals surface area contributed by atoms with Gasteiger partial charge >= 0.3 is 0 Å². The van der Waals surface area contributed by atoms with E-state index in [0.29, 0.717) is 16.8 Å². The maximum absolute atomic E-state index is 12.9. The highest BCUT2D eigenvalue weighted by molar-refractivity contribution is 5.91. The highest BCUT2D eigenvalue weighted by Gasteiger charge is 2.43. The van der Waals surface area contributed by atoms with E-state index in [1.807, 2.05) is 37.0 Å². The summed E-state index contributed by atoms with van der Waals surface area (Å²) < 4.78 is 3.14. The number of pyridine rings is 1. The van der Waals surface area contributed by atoms with Crippen molar-refractivity contribution in [2.24, 2.45) is 5.41 Å². The van der Waals surface area contributed by atoms with E-state index < -0.39 is 0 Å². The fourth-order valence-corrected chi connectivity index (χ4v) is 4.64. The first-order chi connectivity index (χ1) is 14.9. The van der Waals surface area contributed by atoms with Crippen LogP contribution in [-0.2, 0) is 11.3 Å². The summed E-state index contributed by atoms with van der Waals surface area (Å²) in [5.74, 6) is 0.461. The van der Waals surface area contributed by atoms with Crippen LogP contribution in [0.5, 0.6) is 0 Å². The molecule has 9 nitrogen and oxygen atoms in total. The highest BCUT2D eigenvalue weighted by atomic mass is 16.2. The summed E-state index contributed by atoms with van der Waals surface area (Å²) in [4.78, 5) is 33.9. The number of fused-ring (bicyclic) bond motifs is 1. The molecule has 0 unspecified atom stereocenters. The van der Waals surface area contributed by atoms with E-state index in [-0.39, 0.29) is 18.0 Å². The number of aromatic nitrogens is 4. The summed E-state index contributed by atoms with van der Waals surface area (Å²) in [6.07, 6.45) is 10.4. The molecule has 0 bridgehead atoms. The van der Waals surface area contributed by atoms with Gasteiger partial charge in [-0.05, 0) is 30.7 Å². The molecular weight excluding hydrogens is 394 g/mol. The number of hydrogen-bond acceptors (Lipinski definition) is 6. The lowest BCUT2D eigenvalue weighted by atomic mass is 9.68. The Morgan fingerprint density at radius 3 is 2.77 bits per heavy atom. The molecule has 0 atom stereocenters. The summed E-state index contributed by atoms with van der Waals surface area (Å²) >= 11 is 0. The molecule has 31 heavy (non-hydrogen) atoms. The van der Waals surface area contributed by atoms with Crippen LogP contribution < -0.4 is 20.7 Å². The van der Waals surface area contributed by atoms with Crippen LogP contribution >= 0.6 is 0 Å². The van der Waals surface area contributed by atoms with Gasteiger partial charge in [0.05, 0.1) is 0 Å². The van der Waals surface area contributed by atoms with E-state index in [1.54, 1.807) is 23.2 Å². The summed E-state index contributed by atoms with van der Waals surface area (Å²) in [7, 11) is 3.67. The molecule has 3 aromatic rings. The van der Waals surface area contributed by atoms with Gasteiger partial charge in [-0.2, -0.15) is 5.10 Å². The fourth-order valence-electron chi connectivity index (χ4n) is 4.64. The predicted molar refractivity (Wildman–Crippen MR) is 120 cm³/mol. The van der Waals surface area contributed by atoms with Crippen molar-refractivity contribution in [2.75, 3.05) is 42.3 Å². The van der Waals surface area contributed by atoms with Crippen molar-refractivity contribution < 1.29 is 4.79 Å². The zero-order chi connectivity index (χ0) is 21.6. The van der Waals surface area contributed by atoms with Crippen molar-refractivity contribution in [1.82, 2.24) is 19.2 Å². The first kappa shape index (κ1) is 19.6. The SMILES string of the molecule is CN(C)c1cc(N2CCC3(CCC3)C2)nn(CC(=O)Nc2ccn3ccnc3c2)c1=O. The number of anilines is 3. The second-order valence-corrected chi connectivity index (χ2v) is 8.93. The van der Waals surface area contributed by atoms with Crippen LogP contribution in [0.4, 0.5) is 17.2 Å². The molecule has 1 saturated heterocycles. The Morgan fingerprint density at radius 2 is 2.06 bits per heavy atom. The summed E-state index contributed by atoms with van der Waals surface area (Å²) in [5.41, 5.74) is 2.05. The van der Waals surface area contributed by atoms with E-state index in [0.717, 1.165) is 24.6 Å². The number of carbonyl (C=O) groups excluding carboxylic acids is 1. The largest absolute Gasteiger partial charge is 0.373 e. The Labute approximate surface area is 180 Å². The molecule has 162 valence electrons. The van der Waals surface area contributed by atoms with Crippen LogP contribution in [0.25, 0.3) is 5.65 Å². The third-order valence-corrected chi connectivity index (χ3v) is 6.58. The van der Waals surface area contributed by atoms with E-state index in [2.05, 4.69) is 20.3 Å². The Bertz CT molecular complexity index is 1190. The van der Waals surface area contributed by atoms with Gasteiger partial charge in [-0.1, -0.05) is 6.42 Å². The van der Waals surface area contributed by atoms with Crippen molar-refractivity contribution >= 4 is 28.7 Å². The lowest BCUT2D eigenvalue weighted by molar-refractivity contribution is -0.117. The van der Waals surface area contributed by atoms with Crippen LogP contribution in [0.1, 0.15) is 25.7 Å². The molecular formula is C22H27N7O2. The Balaban J connectivity index is 1.38. The fraction of sp³-hybridized carbons (Fsp3) is 0.455. The first-order valence-corrected chi connectivity index (χ1v) is 10.7. The lowest BCUT2D eigenvalue weighted by Gasteiger charge is -2.38. The molecule has 1 aliphatic carbocycles. The monoisotopic (exact) mass is 421 g/mol.